The molecule has 1 heterocycles. The van der Waals surface area contributed by atoms with Crippen LogP contribution in [0.25, 0.3) is 0 Å². The molecule has 0 amide bonds. The minimum Gasteiger partial charge on any atom is -0.478 e. The maximum atomic E-state index is 11.4. The lowest BCUT2D eigenvalue weighted by molar-refractivity contribution is 0.0694. The van der Waals surface area contributed by atoms with Gasteiger partial charge in [0.2, 0.25) is 0 Å². The summed E-state index contributed by atoms with van der Waals surface area (Å²) in [4.78, 5) is 13.4. The van der Waals surface area contributed by atoms with E-state index >= 15 is 0 Å². The quantitative estimate of drug-likeness (QED) is 0.805. The van der Waals surface area contributed by atoms with Crippen LogP contribution < -0.4 is 5.32 Å². The van der Waals surface area contributed by atoms with Crippen molar-refractivity contribution in [3.8, 4) is 0 Å². The fraction of sp³-hybridized carbons (Fsp3) is 0.214. The van der Waals surface area contributed by atoms with Gasteiger partial charge in [-0.2, -0.15) is 0 Å². The smallest absolute Gasteiger partial charge is 0.338 e. The van der Waals surface area contributed by atoms with Gasteiger partial charge in [0.15, 0.2) is 0 Å². The Morgan fingerprint density at radius 2 is 2.16 bits per heavy atom. The van der Waals surface area contributed by atoms with E-state index in [9.17, 15) is 9.90 Å². The molecule has 19 heavy (non-hydrogen) atoms. The first-order valence-corrected chi connectivity index (χ1v) is 7.94. The lowest BCUT2D eigenvalue weighted by Crippen LogP contribution is -2.10. The molecule has 1 aromatic heterocycles. The van der Waals surface area contributed by atoms with E-state index in [1.54, 1.807) is 11.3 Å². The molecule has 0 saturated heterocycles. The number of thioether (sulfide) groups is 1. The number of carboxylic acids is 1. The van der Waals surface area contributed by atoms with E-state index in [2.05, 4.69) is 5.32 Å². The van der Waals surface area contributed by atoms with E-state index in [0.29, 0.717) is 11.3 Å². The number of anilines is 1. The molecule has 0 radical (unpaired) electrons. The molecule has 0 aliphatic rings. The van der Waals surface area contributed by atoms with Gasteiger partial charge < -0.3 is 10.4 Å². The third-order valence-electron chi connectivity index (χ3n) is 2.80. The Balaban J connectivity index is 2.32. The topological polar surface area (TPSA) is 49.3 Å². The van der Waals surface area contributed by atoms with E-state index in [0.717, 1.165) is 4.90 Å². The number of thiophene rings is 1. The Bertz CT molecular complexity index is 567. The van der Waals surface area contributed by atoms with Gasteiger partial charge in [0.1, 0.15) is 0 Å². The molecular formula is C14H15NO2S2. The van der Waals surface area contributed by atoms with Crippen LogP contribution in [0.1, 0.15) is 28.2 Å². The van der Waals surface area contributed by atoms with Gasteiger partial charge >= 0.3 is 5.97 Å². The van der Waals surface area contributed by atoms with Crippen LogP contribution in [-0.4, -0.2) is 17.3 Å². The van der Waals surface area contributed by atoms with Crippen molar-refractivity contribution in [1.29, 1.82) is 0 Å². The Hall–Kier alpha value is -1.46. The van der Waals surface area contributed by atoms with Crippen molar-refractivity contribution in [3.63, 3.8) is 0 Å². The molecular weight excluding hydrogens is 278 g/mol. The van der Waals surface area contributed by atoms with Gasteiger partial charge in [-0.15, -0.1) is 23.1 Å². The Morgan fingerprint density at radius 3 is 2.74 bits per heavy atom. The van der Waals surface area contributed by atoms with Gasteiger partial charge in [-0.3, -0.25) is 0 Å². The highest BCUT2D eigenvalue weighted by Gasteiger charge is 2.17. The molecule has 0 saturated carbocycles. The van der Waals surface area contributed by atoms with E-state index < -0.39 is 5.97 Å². The average molecular weight is 293 g/mol. The maximum absolute atomic E-state index is 11.4. The molecule has 1 unspecified atom stereocenters. The summed E-state index contributed by atoms with van der Waals surface area (Å²) in [6, 6.07) is 9.65. The lowest BCUT2D eigenvalue weighted by Gasteiger charge is -2.17. The molecule has 0 fully saturated rings. The average Bonchev–Trinajstić information content (AvgIpc) is 2.92. The number of benzene rings is 1. The minimum absolute atomic E-state index is 0.0928. The molecule has 0 aliphatic heterocycles. The van der Waals surface area contributed by atoms with Gasteiger partial charge in [-0.05, 0) is 36.8 Å². The molecule has 0 spiro atoms. The normalized spacial score (nSPS) is 12.1. The SMILES string of the molecule is CSc1cccc(NC(C)c2cccs2)c1C(=O)O. The molecule has 0 bridgehead atoms. The van der Waals surface area contributed by atoms with Gasteiger partial charge in [0.05, 0.1) is 17.3 Å². The largest absolute Gasteiger partial charge is 0.478 e. The van der Waals surface area contributed by atoms with Crippen molar-refractivity contribution < 1.29 is 9.90 Å². The molecule has 0 aliphatic carbocycles. The third-order valence-corrected chi connectivity index (χ3v) is 4.64. The second kappa shape index (κ2) is 6.12. The first-order chi connectivity index (χ1) is 9.13. The zero-order chi connectivity index (χ0) is 13.8. The molecule has 1 aromatic carbocycles. The Morgan fingerprint density at radius 1 is 1.37 bits per heavy atom. The third kappa shape index (κ3) is 3.11. The summed E-state index contributed by atoms with van der Waals surface area (Å²) >= 11 is 3.10. The summed E-state index contributed by atoms with van der Waals surface area (Å²) in [6.07, 6.45) is 1.88. The summed E-state index contributed by atoms with van der Waals surface area (Å²) in [6.45, 7) is 2.03. The molecule has 2 aromatic rings. The number of aromatic carboxylic acids is 1. The summed E-state index contributed by atoms with van der Waals surface area (Å²) in [5.74, 6) is -0.897. The van der Waals surface area contributed by atoms with Crippen LogP contribution in [0.4, 0.5) is 5.69 Å². The zero-order valence-corrected chi connectivity index (χ0v) is 12.3. The van der Waals surface area contributed by atoms with Gasteiger partial charge in [-0.1, -0.05) is 12.1 Å². The monoisotopic (exact) mass is 293 g/mol. The number of nitrogens with one attached hydrogen (secondary N) is 1. The predicted molar refractivity (Wildman–Crippen MR) is 81.5 cm³/mol. The summed E-state index contributed by atoms with van der Waals surface area (Å²) < 4.78 is 0. The van der Waals surface area contributed by atoms with E-state index in [-0.39, 0.29) is 6.04 Å². The van der Waals surface area contributed by atoms with Crippen molar-refractivity contribution in [1.82, 2.24) is 0 Å². The standard InChI is InChI=1S/C14H15NO2S2/c1-9(11-7-4-8-19-11)15-10-5-3-6-12(18-2)13(10)14(16)17/h3-9,15H,1-2H3,(H,16,17). The molecule has 2 N–H and O–H groups in total. The first kappa shape index (κ1) is 14.0. The molecule has 3 nitrogen and oxygen atoms in total. The van der Waals surface area contributed by atoms with Gasteiger partial charge in [0, 0.05) is 9.77 Å². The highest BCUT2D eigenvalue weighted by atomic mass is 32.2. The van der Waals surface area contributed by atoms with E-state index in [1.165, 1.54) is 16.6 Å². The maximum Gasteiger partial charge on any atom is 0.338 e. The van der Waals surface area contributed by atoms with Crippen LogP contribution in [-0.2, 0) is 0 Å². The number of carbonyl (C=O) groups is 1. The lowest BCUT2D eigenvalue weighted by atomic mass is 10.1. The molecule has 100 valence electrons. The summed E-state index contributed by atoms with van der Waals surface area (Å²) in [7, 11) is 0. The van der Waals surface area contributed by atoms with Crippen molar-refractivity contribution in [3.05, 3.63) is 46.2 Å². The van der Waals surface area contributed by atoms with Gasteiger partial charge in [-0.25, -0.2) is 4.79 Å². The van der Waals surface area contributed by atoms with Crippen LogP contribution in [0.15, 0.2) is 40.6 Å². The molecule has 2 rings (SSSR count). The van der Waals surface area contributed by atoms with Crippen LogP contribution in [0.3, 0.4) is 0 Å². The number of hydrogen-bond donors (Lipinski definition) is 2. The van der Waals surface area contributed by atoms with Crippen LogP contribution in [0, 0.1) is 0 Å². The fourth-order valence-electron chi connectivity index (χ4n) is 1.88. The highest BCUT2D eigenvalue weighted by molar-refractivity contribution is 7.98. The van der Waals surface area contributed by atoms with E-state index in [1.807, 2.05) is 48.9 Å². The van der Waals surface area contributed by atoms with Crippen LogP contribution in [0.5, 0.6) is 0 Å². The van der Waals surface area contributed by atoms with Crippen molar-refractivity contribution in [2.75, 3.05) is 11.6 Å². The first-order valence-electron chi connectivity index (χ1n) is 5.83. The van der Waals surface area contributed by atoms with Crippen LogP contribution >= 0.6 is 23.1 Å². The zero-order valence-electron chi connectivity index (χ0n) is 10.7. The molecule has 1 atom stereocenters. The summed E-state index contributed by atoms with van der Waals surface area (Å²) in [5.41, 5.74) is 1.01. The minimum atomic E-state index is -0.897. The molecule has 5 heteroatoms. The Kier molecular flexibility index (Phi) is 4.50. The number of rotatable bonds is 5. The van der Waals surface area contributed by atoms with Crippen molar-refractivity contribution >= 4 is 34.8 Å². The number of carboxylic acid groups (broad SMARTS) is 1. The highest BCUT2D eigenvalue weighted by Crippen LogP contribution is 2.30. The second-order valence-electron chi connectivity index (χ2n) is 4.07. The number of hydrogen-bond acceptors (Lipinski definition) is 4. The predicted octanol–water partition coefficient (Wildman–Crippen LogP) is 4.34. The fourth-order valence-corrected chi connectivity index (χ4v) is 3.23. The summed E-state index contributed by atoms with van der Waals surface area (Å²) in [5, 5.41) is 14.7. The van der Waals surface area contributed by atoms with E-state index in [4.69, 9.17) is 0 Å². The van der Waals surface area contributed by atoms with Gasteiger partial charge in [0.25, 0.3) is 0 Å². The Labute approximate surface area is 120 Å². The second-order valence-corrected chi connectivity index (χ2v) is 5.90. The van der Waals surface area contributed by atoms with Crippen molar-refractivity contribution in [2.45, 2.75) is 17.9 Å². The van der Waals surface area contributed by atoms with Crippen LogP contribution in [0.2, 0.25) is 0 Å². The van der Waals surface area contributed by atoms with Crippen molar-refractivity contribution in [2.24, 2.45) is 0 Å².